The summed E-state index contributed by atoms with van der Waals surface area (Å²) in [4.78, 5) is 22.6. The molecule has 6 nitrogen and oxygen atoms in total. The molecule has 190 valence electrons. The minimum Gasteiger partial charge on any atom is -0.528 e. The van der Waals surface area contributed by atoms with Crippen molar-refractivity contribution in [3.63, 3.8) is 0 Å². The van der Waals surface area contributed by atoms with Crippen LogP contribution in [0.15, 0.2) is 72.8 Å². The van der Waals surface area contributed by atoms with Crippen molar-refractivity contribution in [1.29, 1.82) is 0 Å². The number of nitrogens with one attached hydrogen (secondary N) is 2. The number of rotatable bonds is 12. The van der Waals surface area contributed by atoms with Crippen molar-refractivity contribution >= 4 is 53.2 Å². The Balaban J connectivity index is 1.50. The second-order valence-electron chi connectivity index (χ2n) is 10.6. The molecule has 0 amide bonds. The zero-order valence-corrected chi connectivity index (χ0v) is 21.8. The first kappa shape index (κ1) is 26.1. The summed E-state index contributed by atoms with van der Waals surface area (Å²) in [5, 5.41) is 10.7. The fourth-order valence-corrected chi connectivity index (χ4v) is 3.99. The Bertz CT molecular complexity index is 1310. The third-order valence-corrected chi connectivity index (χ3v) is 6.30. The number of fused-ring (bicyclic) bond motifs is 2. The molecule has 0 radical (unpaired) electrons. The second-order valence-corrected chi connectivity index (χ2v) is 10.6. The van der Waals surface area contributed by atoms with Gasteiger partial charge in [0.15, 0.2) is 0 Å². The molecule has 2 N–H and O–H groups in total. The molecule has 37 heavy (non-hydrogen) atoms. The van der Waals surface area contributed by atoms with Crippen molar-refractivity contribution in [1.82, 2.24) is 0 Å². The third-order valence-electron chi connectivity index (χ3n) is 6.30. The molecule has 0 aliphatic rings. The summed E-state index contributed by atoms with van der Waals surface area (Å²) in [7, 11) is 0.0455. The van der Waals surface area contributed by atoms with E-state index < -0.39 is 10.8 Å². The molecule has 0 aliphatic carbocycles. The van der Waals surface area contributed by atoms with Crippen LogP contribution in [0.2, 0.25) is 0 Å². The van der Waals surface area contributed by atoms with E-state index in [4.69, 9.17) is 9.31 Å². The summed E-state index contributed by atoms with van der Waals surface area (Å²) in [6, 6.07) is 23.8. The van der Waals surface area contributed by atoms with E-state index in [9.17, 15) is 9.59 Å². The van der Waals surface area contributed by atoms with Gasteiger partial charge in [-0.3, -0.25) is 0 Å². The van der Waals surface area contributed by atoms with Crippen LogP contribution in [-0.2, 0) is 9.59 Å². The molecule has 0 spiro atoms. The number of hydrogen-bond donors (Lipinski definition) is 2. The van der Waals surface area contributed by atoms with Gasteiger partial charge < -0.3 is 29.5 Å². The lowest BCUT2D eigenvalue weighted by Crippen LogP contribution is -2.24. The van der Waals surface area contributed by atoms with Crippen LogP contribution in [0.1, 0.15) is 27.7 Å². The zero-order chi connectivity index (χ0) is 26.5. The SMILES string of the molecule is CC(C)(C=O)CNc1ccc(OBOc2ccc(NCC(C)(C)C=O)c3ccccc23)c2ccccc12. The maximum Gasteiger partial charge on any atom is 0.576 e. The molecule has 4 rings (SSSR count). The van der Waals surface area contributed by atoms with E-state index in [1.54, 1.807) is 0 Å². The van der Waals surface area contributed by atoms with Gasteiger partial charge in [0.05, 0.1) is 0 Å². The van der Waals surface area contributed by atoms with Crippen LogP contribution in [0, 0.1) is 10.8 Å². The van der Waals surface area contributed by atoms with Crippen molar-refractivity contribution in [3.05, 3.63) is 72.8 Å². The van der Waals surface area contributed by atoms with E-state index >= 15 is 0 Å². The van der Waals surface area contributed by atoms with Gasteiger partial charge in [-0.1, -0.05) is 76.2 Å². The summed E-state index contributed by atoms with van der Waals surface area (Å²) in [6.07, 6.45) is 1.94. The molecule has 0 saturated carbocycles. The highest BCUT2D eigenvalue weighted by molar-refractivity contribution is 6.22. The Morgan fingerprint density at radius 1 is 0.622 bits per heavy atom. The Morgan fingerprint density at radius 3 is 1.38 bits per heavy atom. The van der Waals surface area contributed by atoms with Crippen LogP contribution in [0.5, 0.6) is 11.5 Å². The molecule has 4 aromatic rings. The number of anilines is 2. The van der Waals surface area contributed by atoms with Crippen molar-refractivity contribution in [2.45, 2.75) is 27.7 Å². The Hall–Kier alpha value is -4.00. The van der Waals surface area contributed by atoms with Gasteiger partial charge in [-0.2, -0.15) is 0 Å². The fourth-order valence-electron chi connectivity index (χ4n) is 3.99. The van der Waals surface area contributed by atoms with Gasteiger partial charge in [-0.05, 0) is 24.3 Å². The van der Waals surface area contributed by atoms with Crippen LogP contribution in [0.3, 0.4) is 0 Å². The number of carbonyl (C=O) groups is 2. The molecule has 0 heterocycles. The van der Waals surface area contributed by atoms with Crippen LogP contribution >= 0.6 is 0 Å². The maximum atomic E-state index is 11.3. The fraction of sp³-hybridized carbons (Fsp3) is 0.267. The molecule has 0 saturated heterocycles. The quantitative estimate of drug-likeness (QED) is 0.185. The monoisotopic (exact) mass is 496 g/mol. The van der Waals surface area contributed by atoms with Crippen molar-refractivity contribution in [2.75, 3.05) is 23.7 Å². The van der Waals surface area contributed by atoms with Gasteiger partial charge in [0.2, 0.25) is 0 Å². The standard InChI is InChI=1S/C30H33BN2O4/c1-29(2,19-34)17-32-25-13-15-27(23-11-7-5-9-21(23)25)36-31-37-28-16-14-26(33-18-30(3,4)20-35)22-10-6-8-12-24(22)28/h5-16,19-20,31-33H,17-18H2,1-4H3. The normalized spacial score (nSPS) is 11.7. The molecule has 4 aromatic carbocycles. The van der Waals surface area contributed by atoms with E-state index in [-0.39, 0.29) is 7.69 Å². The van der Waals surface area contributed by atoms with E-state index in [1.807, 2.05) is 100 Å². The van der Waals surface area contributed by atoms with E-state index in [1.165, 1.54) is 0 Å². The van der Waals surface area contributed by atoms with Gasteiger partial charge in [-0.25, -0.2) is 0 Å². The highest BCUT2D eigenvalue weighted by atomic mass is 16.6. The smallest absolute Gasteiger partial charge is 0.528 e. The zero-order valence-electron chi connectivity index (χ0n) is 21.8. The average Bonchev–Trinajstić information content (AvgIpc) is 2.92. The van der Waals surface area contributed by atoms with E-state index in [0.29, 0.717) is 13.1 Å². The molecule has 0 unspecified atom stereocenters. The highest BCUT2D eigenvalue weighted by Gasteiger charge is 2.18. The third kappa shape index (κ3) is 6.23. The van der Waals surface area contributed by atoms with Gasteiger partial charge >= 0.3 is 7.69 Å². The largest absolute Gasteiger partial charge is 0.576 e. The van der Waals surface area contributed by atoms with E-state index in [2.05, 4.69) is 10.6 Å². The Kier molecular flexibility index (Phi) is 7.72. The first-order chi connectivity index (χ1) is 17.7. The highest BCUT2D eigenvalue weighted by Crippen LogP contribution is 2.34. The summed E-state index contributed by atoms with van der Waals surface area (Å²) < 4.78 is 12.1. The van der Waals surface area contributed by atoms with Gasteiger partial charge in [-0.15, -0.1) is 0 Å². The molecule has 0 fully saturated rings. The van der Waals surface area contributed by atoms with Gasteiger partial charge in [0, 0.05) is 56.8 Å². The predicted molar refractivity (Wildman–Crippen MR) is 153 cm³/mol. The lowest BCUT2D eigenvalue weighted by Gasteiger charge is -2.20. The van der Waals surface area contributed by atoms with Crippen LogP contribution in [0.25, 0.3) is 21.5 Å². The summed E-state index contributed by atoms with van der Waals surface area (Å²) in [6.45, 7) is 8.69. The van der Waals surface area contributed by atoms with Crippen molar-refractivity contribution < 1.29 is 18.9 Å². The lowest BCUT2D eigenvalue weighted by molar-refractivity contribution is -0.114. The van der Waals surface area contributed by atoms with Crippen molar-refractivity contribution in [3.8, 4) is 11.5 Å². The maximum absolute atomic E-state index is 11.3. The first-order valence-electron chi connectivity index (χ1n) is 12.4. The summed E-state index contributed by atoms with van der Waals surface area (Å²) >= 11 is 0. The lowest BCUT2D eigenvalue weighted by atomic mass is 9.95. The molecule has 0 aromatic heterocycles. The molecule has 0 aliphatic heterocycles. The minimum absolute atomic E-state index is 0.0455. The molecular weight excluding hydrogens is 463 g/mol. The summed E-state index contributed by atoms with van der Waals surface area (Å²) in [5.74, 6) is 1.43. The predicted octanol–water partition coefficient (Wildman–Crippen LogP) is 5.99. The van der Waals surface area contributed by atoms with Crippen LogP contribution in [0.4, 0.5) is 11.4 Å². The van der Waals surface area contributed by atoms with Crippen LogP contribution < -0.4 is 19.9 Å². The van der Waals surface area contributed by atoms with Gasteiger partial charge in [0.25, 0.3) is 0 Å². The molecule has 7 heteroatoms. The number of benzene rings is 4. The molecule has 0 atom stereocenters. The average molecular weight is 496 g/mol. The second kappa shape index (κ2) is 11.0. The Labute approximate surface area is 218 Å². The van der Waals surface area contributed by atoms with E-state index in [0.717, 1.165) is 57.0 Å². The van der Waals surface area contributed by atoms with Gasteiger partial charge in [0.1, 0.15) is 24.1 Å². The molecular formula is C30H33BN2O4. The number of hydrogen-bond acceptors (Lipinski definition) is 6. The first-order valence-corrected chi connectivity index (χ1v) is 12.4. The Morgan fingerprint density at radius 2 is 1.00 bits per heavy atom. The van der Waals surface area contributed by atoms with Crippen molar-refractivity contribution in [2.24, 2.45) is 10.8 Å². The molecule has 0 bridgehead atoms. The van der Waals surface area contributed by atoms with Crippen LogP contribution in [-0.4, -0.2) is 33.3 Å². The minimum atomic E-state index is -0.456. The summed E-state index contributed by atoms with van der Waals surface area (Å²) in [5.41, 5.74) is 0.988. The topological polar surface area (TPSA) is 76.7 Å². The number of carbonyl (C=O) groups excluding carboxylic acids is 2. The number of aldehydes is 2.